The van der Waals surface area contributed by atoms with Gasteiger partial charge >= 0.3 is 5.76 Å². The molecule has 1 heterocycles. The maximum absolute atomic E-state index is 12.5. The summed E-state index contributed by atoms with van der Waals surface area (Å²) < 4.78 is 6.57. The molecule has 0 aliphatic heterocycles. The molecule has 6 heteroatoms. The number of nitrogens with one attached hydrogen (secondary N) is 1. The van der Waals surface area contributed by atoms with Gasteiger partial charge in [0, 0.05) is 26.3 Å². The number of nitrogens with zero attached hydrogens (tertiary/aromatic N) is 2. The molecule has 1 atom stereocenters. The van der Waals surface area contributed by atoms with Crippen LogP contribution in [-0.4, -0.2) is 24.6 Å². The molecule has 3 rings (SSSR count). The number of carbonyl (C=O) groups is 1. The van der Waals surface area contributed by atoms with Crippen molar-refractivity contribution in [3.05, 3.63) is 64.6 Å². The fourth-order valence-corrected chi connectivity index (χ4v) is 2.72. The van der Waals surface area contributed by atoms with E-state index in [4.69, 9.17) is 4.42 Å². The van der Waals surface area contributed by atoms with Crippen molar-refractivity contribution >= 4 is 22.7 Å². The van der Waals surface area contributed by atoms with E-state index >= 15 is 0 Å². The number of oxazole rings is 1. The lowest BCUT2D eigenvalue weighted by Gasteiger charge is -2.15. The zero-order valence-electron chi connectivity index (χ0n) is 14.5. The summed E-state index contributed by atoms with van der Waals surface area (Å²) >= 11 is 0. The lowest BCUT2D eigenvalue weighted by molar-refractivity contribution is -0.124. The van der Waals surface area contributed by atoms with E-state index in [0.29, 0.717) is 17.6 Å². The Balaban J connectivity index is 1.72. The molecule has 1 unspecified atom stereocenters. The molecule has 0 saturated heterocycles. The maximum Gasteiger partial charge on any atom is 0.420 e. The molecule has 0 aliphatic rings. The summed E-state index contributed by atoms with van der Waals surface area (Å²) in [4.78, 5) is 26.6. The van der Waals surface area contributed by atoms with Crippen molar-refractivity contribution in [2.45, 2.75) is 19.5 Å². The van der Waals surface area contributed by atoms with Gasteiger partial charge in [0.15, 0.2) is 5.58 Å². The SMILES string of the molecule is CC(C(=O)NCc1ccc(N(C)C)cc1)n1c(=O)oc2ccccc21. The van der Waals surface area contributed by atoms with Crippen LogP contribution in [0.2, 0.25) is 0 Å². The molecule has 0 spiro atoms. The standard InChI is InChI=1S/C19H21N3O3/c1-13(22-16-6-4-5-7-17(16)25-19(22)24)18(23)20-12-14-8-10-15(11-9-14)21(2)3/h4-11,13H,12H2,1-3H3,(H,20,23). The van der Waals surface area contributed by atoms with Crippen molar-refractivity contribution in [2.75, 3.05) is 19.0 Å². The van der Waals surface area contributed by atoms with Crippen LogP contribution in [0.4, 0.5) is 5.69 Å². The molecule has 0 radical (unpaired) electrons. The fraction of sp³-hybridized carbons (Fsp3) is 0.263. The molecule has 1 N–H and O–H groups in total. The van der Waals surface area contributed by atoms with Gasteiger partial charge in [-0.2, -0.15) is 0 Å². The summed E-state index contributed by atoms with van der Waals surface area (Å²) in [6.07, 6.45) is 0. The summed E-state index contributed by atoms with van der Waals surface area (Å²) in [5.74, 6) is -0.760. The summed E-state index contributed by atoms with van der Waals surface area (Å²) in [7, 11) is 3.96. The molecular weight excluding hydrogens is 318 g/mol. The number of para-hydroxylation sites is 2. The molecule has 0 saturated carbocycles. The minimum atomic E-state index is -0.655. The van der Waals surface area contributed by atoms with Gasteiger partial charge in [0.25, 0.3) is 0 Å². The van der Waals surface area contributed by atoms with Gasteiger partial charge < -0.3 is 14.6 Å². The zero-order chi connectivity index (χ0) is 18.0. The number of carbonyl (C=O) groups excluding carboxylic acids is 1. The Kier molecular flexibility index (Phi) is 4.61. The van der Waals surface area contributed by atoms with Crippen LogP contribution in [0.5, 0.6) is 0 Å². The number of aromatic nitrogens is 1. The van der Waals surface area contributed by atoms with Crippen LogP contribution in [0.1, 0.15) is 18.5 Å². The van der Waals surface area contributed by atoms with E-state index < -0.39 is 11.8 Å². The van der Waals surface area contributed by atoms with E-state index in [9.17, 15) is 9.59 Å². The molecule has 2 aromatic carbocycles. The van der Waals surface area contributed by atoms with Gasteiger partial charge in [0.2, 0.25) is 5.91 Å². The molecule has 0 aliphatic carbocycles. The van der Waals surface area contributed by atoms with Crippen LogP contribution in [0.15, 0.2) is 57.7 Å². The molecule has 130 valence electrons. The predicted octanol–water partition coefficient (Wildman–Crippen LogP) is 2.54. The first-order valence-electron chi connectivity index (χ1n) is 8.11. The van der Waals surface area contributed by atoms with Crippen molar-refractivity contribution in [3.63, 3.8) is 0 Å². The normalized spacial score (nSPS) is 12.1. The first kappa shape index (κ1) is 16.8. The second-order valence-electron chi connectivity index (χ2n) is 6.16. The highest BCUT2D eigenvalue weighted by molar-refractivity contribution is 5.82. The molecule has 25 heavy (non-hydrogen) atoms. The second kappa shape index (κ2) is 6.84. The van der Waals surface area contributed by atoms with Crippen LogP contribution >= 0.6 is 0 Å². The number of hydrogen-bond acceptors (Lipinski definition) is 4. The molecule has 6 nitrogen and oxygen atoms in total. The number of fused-ring (bicyclic) bond motifs is 1. The number of amides is 1. The van der Waals surface area contributed by atoms with Crippen molar-refractivity contribution in [3.8, 4) is 0 Å². The smallest absolute Gasteiger partial charge is 0.408 e. The average Bonchev–Trinajstić information content (AvgIpc) is 2.95. The van der Waals surface area contributed by atoms with Gasteiger partial charge in [0.05, 0.1) is 5.52 Å². The van der Waals surface area contributed by atoms with Gasteiger partial charge in [-0.1, -0.05) is 24.3 Å². The van der Waals surface area contributed by atoms with Crippen LogP contribution in [0, 0.1) is 0 Å². The molecule has 3 aromatic rings. The lowest BCUT2D eigenvalue weighted by Crippen LogP contribution is -2.34. The van der Waals surface area contributed by atoms with Crippen molar-refractivity contribution in [1.29, 1.82) is 0 Å². The van der Waals surface area contributed by atoms with Gasteiger partial charge in [-0.05, 0) is 36.8 Å². The zero-order valence-corrected chi connectivity index (χ0v) is 14.5. The monoisotopic (exact) mass is 339 g/mol. The fourth-order valence-electron chi connectivity index (χ4n) is 2.72. The first-order chi connectivity index (χ1) is 12.0. The Hall–Kier alpha value is -3.02. The highest BCUT2D eigenvalue weighted by Crippen LogP contribution is 2.17. The summed E-state index contributed by atoms with van der Waals surface area (Å²) in [5.41, 5.74) is 3.19. The van der Waals surface area contributed by atoms with Crippen molar-refractivity contribution in [1.82, 2.24) is 9.88 Å². The third kappa shape index (κ3) is 3.42. The van der Waals surface area contributed by atoms with E-state index in [2.05, 4.69) is 5.32 Å². The van der Waals surface area contributed by atoms with Crippen LogP contribution in [0.3, 0.4) is 0 Å². The Morgan fingerprint density at radius 3 is 2.52 bits per heavy atom. The first-order valence-corrected chi connectivity index (χ1v) is 8.11. The summed E-state index contributed by atoms with van der Waals surface area (Å²) in [5, 5.41) is 2.87. The van der Waals surface area contributed by atoms with Gasteiger partial charge in [0.1, 0.15) is 6.04 Å². The highest BCUT2D eigenvalue weighted by atomic mass is 16.4. The number of benzene rings is 2. The lowest BCUT2D eigenvalue weighted by atomic mass is 10.2. The molecule has 1 amide bonds. The number of anilines is 1. The van der Waals surface area contributed by atoms with Crippen LogP contribution in [0.25, 0.3) is 11.1 Å². The summed E-state index contributed by atoms with van der Waals surface area (Å²) in [6.45, 7) is 2.09. The number of hydrogen-bond donors (Lipinski definition) is 1. The van der Waals surface area contributed by atoms with E-state index in [1.165, 1.54) is 4.57 Å². The van der Waals surface area contributed by atoms with E-state index in [-0.39, 0.29) is 5.91 Å². The van der Waals surface area contributed by atoms with Crippen LogP contribution < -0.4 is 16.0 Å². The Morgan fingerprint density at radius 1 is 1.16 bits per heavy atom. The van der Waals surface area contributed by atoms with Gasteiger partial charge in [-0.25, -0.2) is 4.79 Å². The van der Waals surface area contributed by atoms with Crippen LogP contribution in [-0.2, 0) is 11.3 Å². The Morgan fingerprint density at radius 2 is 1.84 bits per heavy atom. The Labute approximate surface area is 145 Å². The van der Waals surface area contributed by atoms with E-state index in [1.54, 1.807) is 25.1 Å². The third-order valence-electron chi connectivity index (χ3n) is 4.20. The number of rotatable bonds is 5. The van der Waals surface area contributed by atoms with E-state index in [0.717, 1.165) is 11.3 Å². The maximum atomic E-state index is 12.5. The average molecular weight is 339 g/mol. The predicted molar refractivity (Wildman–Crippen MR) is 97.8 cm³/mol. The van der Waals surface area contributed by atoms with Crippen molar-refractivity contribution in [2.24, 2.45) is 0 Å². The largest absolute Gasteiger partial charge is 0.420 e. The van der Waals surface area contributed by atoms with Gasteiger partial charge in [-0.3, -0.25) is 9.36 Å². The molecule has 0 bridgehead atoms. The molecule has 1 aromatic heterocycles. The molecule has 0 fully saturated rings. The third-order valence-corrected chi connectivity index (χ3v) is 4.20. The van der Waals surface area contributed by atoms with E-state index in [1.807, 2.05) is 49.3 Å². The topological polar surface area (TPSA) is 67.5 Å². The molecular formula is C19H21N3O3. The minimum absolute atomic E-state index is 0.231. The highest BCUT2D eigenvalue weighted by Gasteiger charge is 2.20. The quantitative estimate of drug-likeness (QED) is 0.776. The second-order valence-corrected chi connectivity index (χ2v) is 6.16. The van der Waals surface area contributed by atoms with Crippen molar-refractivity contribution < 1.29 is 9.21 Å². The van der Waals surface area contributed by atoms with Gasteiger partial charge in [-0.15, -0.1) is 0 Å². The Bertz CT molecular complexity index is 938. The minimum Gasteiger partial charge on any atom is -0.408 e. The summed E-state index contributed by atoms with van der Waals surface area (Å²) in [6, 6.07) is 14.4.